The highest BCUT2D eigenvalue weighted by Gasteiger charge is 2.17. The van der Waals surface area contributed by atoms with Crippen LogP contribution in [0.4, 0.5) is 0 Å². The second-order valence-electron chi connectivity index (χ2n) is 4.35. The van der Waals surface area contributed by atoms with E-state index in [0.717, 1.165) is 27.1 Å². The zero-order valence-electron chi connectivity index (χ0n) is 11.0. The van der Waals surface area contributed by atoms with Crippen LogP contribution >= 0.6 is 15.9 Å². The van der Waals surface area contributed by atoms with Gasteiger partial charge >= 0.3 is 0 Å². The van der Waals surface area contributed by atoms with Crippen LogP contribution in [0.3, 0.4) is 0 Å². The van der Waals surface area contributed by atoms with Crippen LogP contribution in [0.1, 0.15) is 22.5 Å². The van der Waals surface area contributed by atoms with Gasteiger partial charge in [0.15, 0.2) is 5.84 Å². The maximum atomic E-state index is 8.90. The Morgan fingerprint density at radius 2 is 2.05 bits per heavy atom. The van der Waals surface area contributed by atoms with Crippen LogP contribution in [0, 0.1) is 20.8 Å². The molecule has 100 valence electrons. The van der Waals surface area contributed by atoms with Crippen LogP contribution in [0.2, 0.25) is 0 Å². The summed E-state index contributed by atoms with van der Waals surface area (Å²) in [6.45, 7) is 5.86. The molecular formula is C13H15BrN4O. The van der Waals surface area contributed by atoms with E-state index in [0.29, 0.717) is 5.56 Å². The molecule has 1 aromatic heterocycles. The summed E-state index contributed by atoms with van der Waals surface area (Å²) in [5.41, 5.74) is 10.1. The van der Waals surface area contributed by atoms with E-state index in [1.54, 1.807) is 0 Å². The van der Waals surface area contributed by atoms with Crippen molar-refractivity contribution in [2.45, 2.75) is 20.8 Å². The molecule has 0 aliphatic rings. The molecule has 0 atom stereocenters. The number of halogens is 1. The number of benzene rings is 1. The average molecular weight is 323 g/mol. The minimum atomic E-state index is 0.0716. The lowest BCUT2D eigenvalue weighted by Crippen LogP contribution is -2.18. The molecular weight excluding hydrogens is 308 g/mol. The summed E-state index contributed by atoms with van der Waals surface area (Å²) < 4.78 is 2.77. The first-order valence-corrected chi connectivity index (χ1v) is 6.56. The number of hydrogen-bond donors (Lipinski definition) is 2. The quantitative estimate of drug-likeness (QED) is 0.386. The minimum absolute atomic E-state index is 0.0716. The second kappa shape index (κ2) is 5.05. The number of rotatable bonds is 2. The van der Waals surface area contributed by atoms with E-state index in [4.69, 9.17) is 10.9 Å². The first kappa shape index (κ1) is 13.6. The van der Waals surface area contributed by atoms with Crippen molar-refractivity contribution in [3.05, 3.63) is 45.2 Å². The van der Waals surface area contributed by atoms with Crippen LogP contribution in [0.15, 0.2) is 27.8 Å². The highest BCUT2D eigenvalue weighted by atomic mass is 79.9. The van der Waals surface area contributed by atoms with Gasteiger partial charge in [0, 0.05) is 5.56 Å². The van der Waals surface area contributed by atoms with Gasteiger partial charge in [-0.2, -0.15) is 5.10 Å². The van der Waals surface area contributed by atoms with Gasteiger partial charge in [-0.15, -0.1) is 0 Å². The molecule has 2 aromatic rings. The van der Waals surface area contributed by atoms with Crippen molar-refractivity contribution < 1.29 is 5.21 Å². The van der Waals surface area contributed by atoms with Gasteiger partial charge in [-0.05, 0) is 48.3 Å². The van der Waals surface area contributed by atoms with Gasteiger partial charge < -0.3 is 10.9 Å². The Morgan fingerprint density at radius 1 is 1.37 bits per heavy atom. The predicted octanol–water partition coefficient (Wildman–Crippen LogP) is 2.65. The normalized spacial score (nSPS) is 11.9. The van der Waals surface area contributed by atoms with Gasteiger partial charge in [0.25, 0.3) is 0 Å². The van der Waals surface area contributed by atoms with Crippen LogP contribution < -0.4 is 5.73 Å². The lowest BCUT2D eigenvalue weighted by Gasteiger charge is -2.13. The van der Waals surface area contributed by atoms with E-state index in [1.807, 2.05) is 43.7 Å². The van der Waals surface area contributed by atoms with E-state index in [2.05, 4.69) is 26.2 Å². The van der Waals surface area contributed by atoms with Crippen molar-refractivity contribution in [1.82, 2.24) is 9.78 Å². The lowest BCUT2D eigenvalue weighted by molar-refractivity contribution is 0.318. The van der Waals surface area contributed by atoms with Crippen molar-refractivity contribution in [2.24, 2.45) is 10.9 Å². The standard InChI is InChI=1S/C13H15BrN4O/c1-7-5-4-6-10(13(15)17-19)12(7)18-9(3)11(14)8(2)16-18/h4-6,19H,1-3H3,(H2,15,17). The molecule has 0 aliphatic heterocycles. The van der Waals surface area contributed by atoms with E-state index < -0.39 is 0 Å². The average Bonchev–Trinajstić information content (AvgIpc) is 2.65. The smallest absolute Gasteiger partial charge is 0.172 e. The Labute approximate surface area is 119 Å². The predicted molar refractivity (Wildman–Crippen MR) is 78.0 cm³/mol. The molecule has 0 fully saturated rings. The third-order valence-electron chi connectivity index (χ3n) is 3.04. The molecule has 0 saturated heterocycles. The summed E-state index contributed by atoms with van der Waals surface area (Å²) in [5, 5.41) is 16.5. The third-order valence-corrected chi connectivity index (χ3v) is 4.18. The van der Waals surface area contributed by atoms with Crippen molar-refractivity contribution >= 4 is 21.8 Å². The van der Waals surface area contributed by atoms with Crippen LogP contribution in [-0.2, 0) is 0 Å². The van der Waals surface area contributed by atoms with Gasteiger partial charge in [-0.1, -0.05) is 17.3 Å². The van der Waals surface area contributed by atoms with Crippen molar-refractivity contribution in [2.75, 3.05) is 0 Å². The summed E-state index contributed by atoms with van der Waals surface area (Å²) in [7, 11) is 0. The molecule has 0 saturated carbocycles. The van der Waals surface area contributed by atoms with Crippen molar-refractivity contribution in [3.8, 4) is 5.69 Å². The zero-order valence-corrected chi connectivity index (χ0v) is 12.6. The molecule has 6 heteroatoms. The highest BCUT2D eigenvalue weighted by molar-refractivity contribution is 9.10. The third kappa shape index (κ3) is 2.23. The zero-order chi connectivity index (χ0) is 14.2. The number of aromatic nitrogens is 2. The number of amidine groups is 1. The molecule has 0 bridgehead atoms. The summed E-state index contributed by atoms with van der Waals surface area (Å²) in [4.78, 5) is 0. The van der Waals surface area contributed by atoms with E-state index in [-0.39, 0.29) is 5.84 Å². The van der Waals surface area contributed by atoms with Crippen LogP contribution in [0.25, 0.3) is 5.69 Å². The van der Waals surface area contributed by atoms with E-state index >= 15 is 0 Å². The largest absolute Gasteiger partial charge is 0.409 e. The number of aryl methyl sites for hydroxylation is 2. The summed E-state index contributed by atoms with van der Waals surface area (Å²) in [5.74, 6) is 0.0716. The van der Waals surface area contributed by atoms with Crippen molar-refractivity contribution in [3.63, 3.8) is 0 Å². The van der Waals surface area contributed by atoms with Crippen LogP contribution in [0.5, 0.6) is 0 Å². The molecule has 0 unspecified atom stereocenters. The number of oxime groups is 1. The lowest BCUT2D eigenvalue weighted by atomic mass is 10.1. The summed E-state index contributed by atoms with van der Waals surface area (Å²) >= 11 is 3.51. The van der Waals surface area contributed by atoms with Gasteiger partial charge in [-0.3, -0.25) is 0 Å². The topological polar surface area (TPSA) is 76.4 Å². The monoisotopic (exact) mass is 322 g/mol. The molecule has 0 spiro atoms. The molecule has 5 nitrogen and oxygen atoms in total. The number of para-hydroxylation sites is 1. The molecule has 0 aliphatic carbocycles. The summed E-state index contributed by atoms with van der Waals surface area (Å²) in [6.07, 6.45) is 0. The fourth-order valence-electron chi connectivity index (χ4n) is 2.04. The molecule has 0 radical (unpaired) electrons. The second-order valence-corrected chi connectivity index (χ2v) is 5.15. The Hall–Kier alpha value is -1.82. The molecule has 3 N–H and O–H groups in total. The Balaban J connectivity index is 2.78. The molecule has 0 amide bonds. The molecule has 2 rings (SSSR count). The molecule has 19 heavy (non-hydrogen) atoms. The summed E-state index contributed by atoms with van der Waals surface area (Å²) in [6, 6.07) is 5.64. The fourth-order valence-corrected chi connectivity index (χ4v) is 2.29. The van der Waals surface area contributed by atoms with E-state index in [1.165, 1.54) is 0 Å². The van der Waals surface area contributed by atoms with E-state index in [9.17, 15) is 0 Å². The Kier molecular flexibility index (Phi) is 3.61. The first-order chi connectivity index (χ1) is 8.97. The Morgan fingerprint density at radius 3 is 2.58 bits per heavy atom. The minimum Gasteiger partial charge on any atom is -0.409 e. The molecule has 1 heterocycles. The van der Waals surface area contributed by atoms with Gasteiger partial charge in [0.2, 0.25) is 0 Å². The SMILES string of the molecule is Cc1cccc(/C(N)=N/O)c1-n1nc(C)c(Br)c1C. The number of nitrogens with zero attached hydrogens (tertiary/aromatic N) is 3. The fraction of sp³-hybridized carbons (Fsp3) is 0.231. The van der Waals surface area contributed by atoms with Gasteiger partial charge in [0.1, 0.15) is 0 Å². The highest BCUT2D eigenvalue weighted by Crippen LogP contribution is 2.26. The first-order valence-electron chi connectivity index (χ1n) is 5.77. The molecule has 1 aromatic carbocycles. The maximum absolute atomic E-state index is 8.90. The number of nitrogens with two attached hydrogens (primary N) is 1. The van der Waals surface area contributed by atoms with Crippen molar-refractivity contribution in [1.29, 1.82) is 0 Å². The van der Waals surface area contributed by atoms with Crippen LogP contribution in [-0.4, -0.2) is 20.8 Å². The Bertz CT molecular complexity index is 661. The van der Waals surface area contributed by atoms with Gasteiger partial charge in [-0.25, -0.2) is 4.68 Å². The number of hydrogen-bond acceptors (Lipinski definition) is 3. The maximum Gasteiger partial charge on any atom is 0.172 e. The van der Waals surface area contributed by atoms with Gasteiger partial charge in [0.05, 0.1) is 21.5 Å².